The van der Waals surface area contributed by atoms with Crippen LogP contribution in [-0.2, 0) is 0 Å². The third kappa shape index (κ3) is 2.64. The minimum absolute atomic E-state index is 0.695. The largest absolute Gasteiger partial charge is 0.354 e. The van der Waals surface area contributed by atoms with E-state index in [0.717, 1.165) is 11.9 Å². The molecule has 1 aliphatic carbocycles. The average molecular weight is 209 g/mol. The number of aliphatic imine (C=N–C) groups is 1. The van der Waals surface area contributed by atoms with Gasteiger partial charge in [-0.25, -0.2) is 0 Å². The number of rotatable bonds is 1. The summed E-state index contributed by atoms with van der Waals surface area (Å²) >= 11 is 0. The van der Waals surface area contributed by atoms with E-state index < -0.39 is 0 Å². The monoisotopic (exact) mass is 209 g/mol. The number of guanidine groups is 1. The molecular weight excluding hydrogens is 186 g/mol. The second-order valence-corrected chi connectivity index (χ2v) is 5.01. The van der Waals surface area contributed by atoms with Gasteiger partial charge in [0.15, 0.2) is 5.96 Å². The second-order valence-electron chi connectivity index (χ2n) is 5.01. The van der Waals surface area contributed by atoms with Gasteiger partial charge in [-0.3, -0.25) is 4.99 Å². The number of hydrogen-bond donors (Lipinski definition) is 1. The van der Waals surface area contributed by atoms with Crippen molar-refractivity contribution in [2.45, 2.75) is 45.1 Å². The molecule has 0 radical (unpaired) electrons. The quantitative estimate of drug-likeness (QED) is 0.527. The van der Waals surface area contributed by atoms with Crippen LogP contribution in [0.15, 0.2) is 4.99 Å². The van der Waals surface area contributed by atoms with Crippen molar-refractivity contribution in [3.63, 3.8) is 0 Å². The molecule has 0 aromatic carbocycles. The van der Waals surface area contributed by atoms with E-state index in [1.165, 1.54) is 45.2 Å². The Bertz CT molecular complexity index is 233. The first-order valence-electron chi connectivity index (χ1n) is 6.28. The van der Waals surface area contributed by atoms with Crippen molar-refractivity contribution in [3.05, 3.63) is 0 Å². The van der Waals surface area contributed by atoms with Crippen LogP contribution in [0.3, 0.4) is 0 Å². The summed E-state index contributed by atoms with van der Waals surface area (Å²) < 4.78 is 0. The van der Waals surface area contributed by atoms with Crippen LogP contribution in [0.4, 0.5) is 0 Å². The summed E-state index contributed by atoms with van der Waals surface area (Å²) in [6.07, 6.45) is 6.71. The first-order valence-corrected chi connectivity index (χ1v) is 6.28. The Morgan fingerprint density at radius 3 is 2.60 bits per heavy atom. The number of nitrogens with zero attached hydrogens (tertiary/aromatic N) is 2. The molecule has 1 saturated heterocycles. The fraction of sp³-hybridized carbons (Fsp3) is 0.917. The normalized spacial score (nSPS) is 28.8. The van der Waals surface area contributed by atoms with E-state index in [9.17, 15) is 0 Å². The van der Waals surface area contributed by atoms with Crippen LogP contribution in [0.1, 0.15) is 39.0 Å². The molecule has 15 heavy (non-hydrogen) atoms. The third-order valence-electron chi connectivity index (χ3n) is 3.61. The zero-order valence-electron chi connectivity index (χ0n) is 10.00. The van der Waals surface area contributed by atoms with E-state index in [4.69, 9.17) is 0 Å². The standard InChI is InChI=1S/C12H23N3/c1-10-5-4-8-15(9-10)12(13-2)14-11-6-3-7-11/h10-11H,3-9H2,1-2H3,(H,13,14)/t10-/m1/s1. The lowest BCUT2D eigenvalue weighted by Crippen LogP contribution is -2.51. The highest BCUT2D eigenvalue weighted by molar-refractivity contribution is 5.80. The van der Waals surface area contributed by atoms with Gasteiger partial charge in [-0.2, -0.15) is 0 Å². The van der Waals surface area contributed by atoms with Crippen LogP contribution < -0.4 is 5.32 Å². The van der Waals surface area contributed by atoms with Crippen molar-refractivity contribution in [1.82, 2.24) is 10.2 Å². The van der Waals surface area contributed by atoms with Gasteiger partial charge >= 0.3 is 0 Å². The first kappa shape index (κ1) is 10.8. The summed E-state index contributed by atoms with van der Waals surface area (Å²) in [4.78, 5) is 6.82. The van der Waals surface area contributed by atoms with Crippen LogP contribution in [0.5, 0.6) is 0 Å². The molecule has 0 spiro atoms. The second kappa shape index (κ2) is 4.86. The number of piperidine rings is 1. The van der Waals surface area contributed by atoms with Crippen LogP contribution in [0, 0.1) is 5.92 Å². The Hall–Kier alpha value is -0.730. The van der Waals surface area contributed by atoms with Gasteiger partial charge < -0.3 is 10.2 Å². The molecule has 3 heteroatoms. The highest BCUT2D eigenvalue weighted by Gasteiger charge is 2.23. The predicted octanol–water partition coefficient (Wildman–Crippen LogP) is 1.85. The SMILES string of the molecule is CN=C(NC1CCC1)N1CCC[C@@H](C)C1. The zero-order chi connectivity index (χ0) is 10.7. The topological polar surface area (TPSA) is 27.6 Å². The fourth-order valence-electron chi connectivity index (χ4n) is 2.41. The average Bonchev–Trinajstić information content (AvgIpc) is 2.16. The number of hydrogen-bond acceptors (Lipinski definition) is 1. The maximum atomic E-state index is 4.40. The van der Waals surface area contributed by atoms with Gasteiger partial charge in [0.1, 0.15) is 0 Å². The molecule has 2 rings (SSSR count). The molecule has 1 aliphatic heterocycles. The Balaban J connectivity index is 1.87. The highest BCUT2D eigenvalue weighted by atomic mass is 15.3. The van der Waals surface area contributed by atoms with E-state index in [2.05, 4.69) is 22.1 Å². The predicted molar refractivity (Wildman–Crippen MR) is 64.1 cm³/mol. The van der Waals surface area contributed by atoms with Crippen molar-refractivity contribution >= 4 is 5.96 Å². The molecule has 2 fully saturated rings. The molecule has 0 bridgehead atoms. The minimum Gasteiger partial charge on any atom is -0.354 e. The molecule has 86 valence electrons. The Kier molecular flexibility index (Phi) is 3.49. The maximum absolute atomic E-state index is 4.40. The summed E-state index contributed by atoms with van der Waals surface area (Å²) in [7, 11) is 1.90. The fourth-order valence-corrected chi connectivity index (χ4v) is 2.41. The van der Waals surface area contributed by atoms with Gasteiger partial charge in [-0.1, -0.05) is 6.92 Å². The van der Waals surface area contributed by atoms with E-state index in [0.29, 0.717) is 6.04 Å². The Morgan fingerprint density at radius 2 is 2.07 bits per heavy atom. The molecule has 3 nitrogen and oxygen atoms in total. The molecule has 0 amide bonds. The third-order valence-corrected chi connectivity index (χ3v) is 3.61. The van der Waals surface area contributed by atoms with Gasteiger partial charge in [-0.05, 0) is 38.0 Å². The number of likely N-dealkylation sites (tertiary alicyclic amines) is 1. The van der Waals surface area contributed by atoms with Gasteiger partial charge in [0.2, 0.25) is 0 Å². The van der Waals surface area contributed by atoms with Crippen molar-refractivity contribution in [2.24, 2.45) is 10.9 Å². The lowest BCUT2D eigenvalue weighted by molar-refractivity contribution is 0.257. The minimum atomic E-state index is 0.695. The summed E-state index contributed by atoms with van der Waals surface area (Å²) in [6.45, 7) is 4.69. The lowest BCUT2D eigenvalue weighted by atomic mass is 9.93. The summed E-state index contributed by atoms with van der Waals surface area (Å²) in [5.41, 5.74) is 0. The summed E-state index contributed by atoms with van der Waals surface area (Å²) in [6, 6.07) is 0.695. The van der Waals surface area contributed by atoms with Gasteiger partial charge in [0.25, 0.3) is 0 Å². The molecule has 1 saturated carbocycles. The molecule has 2 aliphatic rings. The van der Waals surface area contributed by atoms with E-state index in [-0.39, 0.29) is 0 Å². The lowest BCUT2D eigenvalue weighted by Gasteiger charge is -2.37. The molecule has 1 heterocycles. The maximum Gasteiger partial charge on any atom is 0.193 e. The molecule has 1 atom stereocenters. The van der Waals surface area contributed by atoms with Gasteiger partial charge in [0, 0.05) is 26.2 Å². The molecule has 1 N–H and O–H groups in total. The van der Waals surface area contributed by atoms with Crippen LogP contribution in [-0.4, -0.2) is 37.0 Å². The van der Waals surface area contributed by atoms with E-state index in [1.54, 1.807) is 0 Å². The zero-order valence-corrected chi connectivity index (χ0v) is 10.00. The Labute approximate surface area is 92.9 Å². The Morgan fingerprint density at radius 1 is 1.27 bits per heavy atom. The molecule has 0 aromatic rings. The first-order chi connectivity index (χ1) is 7.29. The van der Waals surface area contributed by atoms with Gasteiger partial charge in [0.05, 0.1) is 0 Å². The molecule has 0 unspecified atom stereocenters. The van der Waals surface area contributed by atoms with Crippen molar-refractivity contribution in [3.8, 4) is 0 Å². The molecule has 0 aromatic heterocycles. The summed E-state index contributed by atoms with van der Waals surface area (Å²) in [5, 5.41) is 3.57. The molecular formula is C12H23N3. The van der Waals surface area contributed by atoms with E-state index in [1.807, 2.05) is 7.05 Å². The van der Waals surface area contributed by atoms with Crippen molar-refractivity contribution < 1.29 is 0 Å². The smallest absolute Gasteiger partial charge is 0.193 e. The van der Waals surface area contributed by atoms with Crippen molar-refractivity contribution in [1.29, 1.82) is 0 Å². The van der Waals surface area contributed by atoms with Gasteiger partial charge in [-0.15, -0.1) is 0 Å². The highest BCUT2D eigenvalue weighted by Crippen LogP contribution is 2.20. The van der Waals surface area contributed by atoms with Crippen LogP contribution in [0.2, 0.25) is 0 Å². The van der Waals surface area contributed by atoms with E-state index >= 15 is 0 Å². The van der Waals surface area contributed by atoms with Crippen LogP contribution >= 0.6 is 0 Å². The van der Waals surface area contributed by atoms with Crippen LogP contribution in [0.25, 0.3) is 0 Å². The van der Waals surface area contributed by atoms with Crippen molar-refractivity contribution in [2.75, 3.05) is 20.1 Å². The number of nitrogens with one attached hydrogen (secondary N) is 1. The summed E-state index contributed by atoms with van der Waals surface area (Å²) in [5.74, 6) is 1.95.